The van der Waals surface area contributed by atoms with Crippen LogP contribution >= 0.6 is 0 Å². The van der Waals surface area contributed by atoms with Gasteiger partial charge in [-0.15, -0.1) is 0 Å². The molecule has 1 aromatic carbocycles. The molecule has 1 aliphatic rings. The van der Waals surface area contributed by atoms with Gasteiger partial charge in [-0.3, -0.25) is 14.9 Å². The van der Waals surface area contributed by atoms with Crippen molar-refractivity contribution < 1.29 is 14.1 Å². The van der Waals surface area contributed by atoms with Crippen molar-refractivity contribution in [3.8, 4) is 0 Å². The Kier molecular flexibility index (Phi) is 5.62. The lowest BCUT2D eigenvalue weighted by Crippen LogP contribution is -2.28. The summed E-state index contributed by atoms with van der Waals surface area (Å²) >= 11 is 0. The highest BCUT2D eigenvalue weighted by Gasteiger charge is 2.13. The molecule has 2 aromatic rings. The number of piperidine rings is 1. The number of carbonyl (C=O) groups excluding carboxylic acids is 1. The maximum Gasteiger partial charge on any atom is 0.269 e. The molecule has 0 radical (unpaired) electrons. The van der Waals surface area contributed by atoms with Gasteiger partial charge in [-0.1, -0.05) is 12.1 Å². The van der Waals surface area contributed by atoms with E-state index in [2.05, 4.69) is 15.4 Å². The van der Waals surface area contributed by atoms with E-state index in [-0.39, 0.29) is 18.0 Å². The Morgan fingerprint density at radius 2 is 1.92 bits per heavy atom. The monoisotopic (exact) mass is 356 g/mol. The number of hydrogen-bond donors (Lipinski definition) is 1. The lowest BCUT2D eigenvalue weighted by atomic mass is 10.1. The van der Waals surface area contributed by atoms with Gasteiger partial charge < -0.3 is 9.32 Å². The third kappa shape index (κ3) is 4.69. The van der Waals surface area contributed by atoms with E-state index in [1.807, 2.05) is 12.1 Å². The zero-order valence-corrected chi connectivity index (χ0v) is 14.3. The fourth-order valence-corrected chi connectivity index (χ4v) is 2.82. The Labute approximate surface area is 150 Å². The summed E-state index contributed by atoms with van der Waals surface area (Å²) < 4.78 is 5.72. The minimum atomic E-state index is -0.477. The third-order valence-electron chi connectivity index (χ3n) is 4.17. The van der Waals surface area contributed by atoms with Crippen LogP contribution in [0.3, 0.4) is 0 Å². The molecule has 0 atom stereocenters. The molecule has 1 amide bonds. The van der Waals surface area contributed by atoms with Crippen LogP contribution in [0.2, 0.25) is 0 Å². The molecular formula is C18H20N4O4. The largest absolute Gasteiger partial charge is 0.440 e. The summed E-state index contributed by atoms with van der Waals surface area (Å²) in [4.78, 5) is 24.2. The molecule has 136 valence electrons. The molecule has 1 fully saturated rings. The van der Waals surface area contributed by atoms with Crippen LogP contribution in [0, 0.1) is 10.1 Å². The van der Waals surface area contributed by atoms with E-state index in [0.717, 1.165) is 19.0 Å². The minimum absolute atomic E-state index is 0.00509. The van der Waals surface area contributed by atoms with E-state index in [1.54, 1.807) is 12.1 Å². The molecule has 0 spiro atoms. The number of rotatable bonds is 6. The second kappa shape index (κ2) is 8.28. The van der Waals surface area contributed by atoms with E-state index in [4.69, 9.17) is 4.42 Å². The molecule has 1 aliphatic heterocycles. The van der Waals surface area contributed by atoms with Gasteiger partial charge in [0.25, 0.3) is 5.69 Å². The van der Waals surface area contributed by atoms with Crippen LogP contribution in [-0.2, 0) is 11.2 Å². The third-order valence-corrected chi connectivity index (χ3v) is 4.17. The average Bonchev–Trinajstić information content (AvgIpc) is 3.12. The van der Waals surface area contributed by atoms with Crippen molar-refractivity contribution in [2.75, 3.05) is 18.0 Å². The maximum absolute atomic E-state index is 11.9. The first kappa shape index (κ1) is 17.7. The second-order valence-electron chi connectivity index (χ2n) is 6.12. The van der Waals surface area contributed by atoms with Crippen LogP contribution in [0.25, 0.3) is 0 Å². The average molecular weight is 356 g/mol. The maximum atomic E-state index is 11.9. The van der Waals surface area contributed by atoms with Gasteiger partial charge in [0.15, 0.2) is 5.88 Å². The van der Waals surface area contributed by atoms with Crippen LogP contribution in [0.5, 0.6) is 0 Å². The quantitative estimate of drug-likeness (QED) is 0.487. The zero-order valence-electron chi connectivity index (χ0n) is 14.3. The Morgan fingerprint density at radius 3 is 2.62 bits per heavy atom. The SMILES string of the molecule is O=C(Cc1ccc([N+](=O)[O-])cc1)N/N=C/c1ccc(N2CCCCC2)o1. The number of furan rings is 1. The molecule has 26 heavy (non-hydrogen) atoms. The van der Waals surface area contributed by atoms with Crippen molar-refractivity contribution >= 4 is 23.7 Å². The first-order valence-corrected chi connectivity index (χ1v) is 8.52. The molecule has 1 N–H and O–H groups in total. The van der Waals surface area contributed by atoms with E-state index >= 15 is 0 Å². The van der Waals surface area contributed by atoms with Gasteiger partial charge in [-0.05, 0) is 30.9 Å². The van der Waals surface area contributed by atoms with Crippen molar-refractivity contribution in [1.29, 1.82) is 0 Å². The molecule has 1 saturated heterocycles. The van der Waals surface area contributed by atoms with Gasteiger partial charge in [0.1, 0.15) is 5.76 Å². The molecule has 3 rings (SSSR count). The van der Waals surface area contributed by atoms with Crippen molar-refractivity contribution in [2.24, 2.45) is 5.10 Å². The van der Waals surface area contributed by atoms with Crippen LogP contribution in [-0.4, -0.2) is 30.1 Å². The first-order valence-electron chi connectivity index (χ1n) is 8.52. The Balaban J connectivity index is 1.49. The number of anilines is 1. The summed E-state index contributed by atoms with van der Waals surface area (Å²) in [6.07, 6.45) is 5.14. The lowest BCUT2D eigenvalue weighted by molar-refractivity contribution is -0.384. The highest BCUT2D eigenvalue weighted by Crippen LogP contribution is 2.21. The first-order chi connectivity index (χ1) is 12.6. The van der Waals surface area contributed by atoms with Crippen molar-refractivity contribution in [3.63, 3.8) is 0 Å². The fourth-order valence-electron chi connectivity index (χ4n) is 2.82. The number of non-ortho nitro benzene ring substituents is 1. The highest BCUT2D eigenvalue weighted by atomic mass is 16.6. The Morgan fingerprint density at radius 1 is 1.19 bits per heavy atom. The van der Waals surface area contributed by atoms with Gasteiger partial charge in [0, 0.05) is 31.3 Å². The van der Waals surface area contributed by atoms with E-state index in [9.17, 15) is 14.9 Å². The van der Waals surface area contributed by atoms with Crippen molar-refractivity contribution in [1.82, 2.24) is 5.43 Å². The Hall–Kier alpha value is -3.16. The number of nitro benzene ring substituents is 1. The molecule has 8 heteroatoms. The summed E-state index contributed by atoms with van der Waals surface area (Å²) in [5, 5.41) is 14.5. The molecule has 0 unspecified atom stereocenters. The predicted molar refractivity (Wildman–Crippen MR) is 97.3 cm³/mol. The minimum Gasteiger partial charge on any atom is -0.440 e. The number of amides is 1. The van der Waals surface area contributed by atoms with Crippen LogP contribution in [0.4, 0.5) is 11.6 Å². The topological polar surface area (TPSA) is 101 Å². The molecule has 1 aromatic heterocycles. The summed E-state index contributed by atoms with van der Waals surface area (Å²) in [5.41, 5.74) is 3.10. The molecular weight excluding hydrogens is 336 g/mol. The lowest BCUT2D eigenvalue weighted by Gasteiger charge is -2.25. The predicted octanol–water partition coefficient (Wildman–Crippen LogP) is 2.87. The molecule has 0 bridgehead atoms. The van der Waals surface area contributed by atoms with E-state index in [0.29, 0.717) is 11.3 Å². The number of nitrogens with one attached hydrogen (secondary N) is 1. The highest BCUT2D eigenvalue weighted by molar-refractivity contribution is 5.82. The number of nitrogens with zero attached hydrogens (tertiary/aromatic N) is 3. The summed E-state index contributed by atoms with van der Waals surface area (Å²) in [6, 6.07) is 9.58. The smallest absolute Gasteiger partial charge is 0.269 e. The van der Waals surface area contributed by atoms with Crippen molar-refractivity contribution in [3.05, 3.63) is 57.8 Å². The van der Waals surface area contributed by atoms with Gasteiger partial charge >= 0.3 is 0 Å². The fraction of sp³-hybridized carbons (Fsp3) is 0.333. The second-order valence-corrected chi connectivity index (χ2v) is 6.12. The van der Waals surface area contributed by atoms with Gasteiger partial charge in [0.2, 0.25) is 5.91 Å². The standard InChI is InChI=1S/C18H20N4O4/c23-17(12-14-4-6-15(7-5-14)22(24)25)20-19-13-16-8-9-18(26-16)21-10-2-1-3-11-21/h4-9,13H,1-3,10-12H2,(H,20,23)/b19-13+. The summed E-state index contributed by atoms with van der Waals surface area (Å²) in [6.45, 7) is 1.99. The van der Waals surface area contributed by atoms with E-state index in [1.165, 1.54) is 37.6 Å². The van der Waals surface area contributed by atoms with Crippen molar-refractivity contribution in [2.45, 2.75) is 25.7 Å². The zero-order chi connectivity index (χ0) is 18.4. The van der Waals surface area contributed by atoms with Gasteiger partial charge in [0.05, 0.1) is 17.6 Å². The van der Waals surface area contributed by atoms with E-state index < -0.39 is 4.92 Å². The van der Waals surface area contributed by atoms with Crippen LogP contribution < -0.4 is 10.3 Å². The summed E-state index contributed by atoms with van der Waals surface area (Å²) in [5.74, 6) is 1.09. The molecule has 0 aliphatic carbocycles. The molecule has 2 heterocycles. The number of benzene rings is 1. The Bertz CT molecular complexity index is 792. The summed E-state index contributed by atoms with van der Waals surface area (Å²) in [7, 11) is 0. The number of nitro groups is 1. The number of carbonyl (C=O) groups is 1. The van der Waals surface area contributed by atoms with Crippen LogP contribution in [0.1, 0.15) is 30.6 Å². The van der Waals surface area contributed by atoms with Gasteiger partial charge in [-0.2, -0.15) is 5.10 Å². The van der Waals surface area contributed by atoms with Crippen LogP contribution in [0.15, 0.2) is 45.9 Å². The number of hydrazone groups is 1. The molecule has 0 saturated carbocycles. The number of hydrogen-bond acceptors (Lipinski definition) is 6. The normalized spacial score (nSPS) is 14.5. The molecule has 8 nitrogen and oxygen atoms in total. The van der Waals surface area contributed by atoms with Gasteiger partial charge in [-0.25, -0.2) is 5.43 Å².